The lowest BCUT2D eigenvalue weighted by atomic mass is 10.2. The lowest BCUT2D eigenvalue weighted by Crippen LogP contribution is -2.34. The van der Waals surface area contributed by atoms with Gasteiger partial charge in [-0.3, -0.25) is 14.1 Å². The minimum absolute atomic E-state index is 0.0284. The molecule has 1 aliphatic heterocycles. The van der Waals surface area contributed by atoms with Crippen molar-refractivity contribution in [2.45, 2.75) is 13.0 Å². The first kappa shape index (κ1) is 19.0. The molecule has 3 rings (SSSR count). The van der Waals surface area contributed by atoms with E-state index >= 15 is 0 Å². The summed E-state index contributed by atoms with van der Waals surface area (Å²) in [6.07, 6.45) is 4.44. The molecule has 0 spiro atoms. The van der Waals surface area contributed by atoms with Gasteiger partial charge in [0.15, 0.2) is 11.5 Å². The van der Waals surface area contributed by atoms with Gasteiger partial charge in [0.05, 0.1) is 11.9 Å². The van der Waals surface area contributed by atoms with Crippen molar-refractivity contribution in [1.82, 2.24) is 10.3 Å². The molecule has 1 amide bonds. The largest absolute Gasteiger partial charge is 0.486 e. The Morgan fingerprint density at radius 3 is 2.56 bits per heavy atom. The van der Waals surface area contributed by atoms with Crippen LogP contribution >= 0.6 is 0 Å². The van der Waals surface area contributed by atoms with Crippen molar-refractivity contribution in [3.05, 3.63) is 48.3 Å². The quantitative estimate of drug-likeness (QED) is 0.765. The Morgan fingerprint density at radius 2 is 1.85 bits per heavy atom. The molecule has 2 heterocycles. The number of ether oxygens (including phenoxy) is 2. The van der Waals surface area contributed by atoms with E-state index < -0.39 is 10.0 Å². The van der Waals surface area contributed by atoms with Crippen LogP contribution in [0.4, 0.5) is 5.69 Å². The topological polar surface area (TPSA) is 97.8 Å². The van der Waals surface area contributed by atoms with E-state index in [-0.39, 0.29) is 18.9 Å². The molecule has 0 unspecified atom stereocenters. The number of hydrogen-bond donors (Lipinski definition) is 1. The van der Waals surface area contributed by atoms with Crippen molar-refractivity contribution in [3.63, 3.8) is 0 Å². The van der Waals surface area contributed by atoms with Crippen LogP contribution in [-0.2, 0) is 21.4 Å². The summed E-state index contributed by atoms with van der Waals surface area (Å²) in [5.74, 6) is 0.834. The summed E-state index contributed by atoms with van der Waals surface area (Å²) in [5, 5.41) is 2.77. The predicted molar refractivity (Wildman–Crippen MR) is 100 cm³/mol. The molecule has 27 heavy (non-hydrogen) atoms. The van der Waals surface area contributed by atoms with E-state index in [1.807, 2.05) is 0 Å². The molecule has 1 aromatic heterocycles. The SMILES string of the molecule is CS(=O)(=O)N(CCC(=O)NCc1ccncc1)c1ccc2c(c1)OCCO2. The number of aromatic nitrogens is 1. The fourth-order valence-electron chi connectivity index (χ4n) is 2.67. The maximum Gasteiger partial charge on any atom is 0.232 e. The number of carbonyl (C=O) groups excluding carboxylic acids is 1. The number of rotatable bonds is 7. The minimum Gasteiger partial charge on any atom is -0.486 e. The van der Waals surface area contributed by atoms with Crippen molar-refractivity contribution in [2.24, 2.45) is 0 Å². The van der Waals surface area contributed by atoms with Crippen molar-refractivity contribution < 1.29 is 22.7 Å². The monoisotopic (exact) mass is 391 g/mol. The molecular formula is C18H21N3O5S. The Labute approximate surface area is 158 Å². The molecule has 0 saturated heterocycles. The van der Waals surface area contributed by atoms with Crippen LogP contribution in [0.1, 0.15) is 12.0 Å². The number of benzene rings is 1. The molecular weight excluding hydrogens is 370 g/mol. The average Bonchev–Trinajstić information content (AvgIpc) is 2.66. The molecule has 0 atom stereocenters. The van der Waals surface area contributed by atoms with E-state index in [1.54, 1.807) is 42.7 Å². The molecule has 0 fully saturated rings. The van der Waals surface area contributed by atoms with Gasteiger partial charge in [-0.05, 0) is 29.8 Å². The van der Waals surface area contributed by atoms with Gasteiger partial charge in [0.1, 0.15) is 13.2 Å². The van der Waals surface area contributed by atoms with Crippen LogP contribution in [0.2, 0.25) is 0 Å². The molecule has 1 aliphatic rings. The Bertz CT molecular complexity index is 902. The van der Waals surface area contributed by atoms with E-state index in [1.165, 1.54) is 4.31 Å². The van der Waals surface area contributed by atoms with Crippen molar-refractivity contribution in [1.29, 1.82) is 0 Å². The molecule has 0 saturated carbocycles. The summed E-state index contributed by atoms with van der Waals surface area (Å²) < 4.78 is 36.6. The van der Waals surface area contributed by atoms with Crippen LogP contribution in [0.5, 0.6) is 11.5 Å². The number of sulfonamides is 1. The molecule has 1 N–H and O–H groups in total. The highest BCUT2D eigenvalue weighted by molar-refractivity contribution is 7.92. The number of nitrogens with zero attached hydrogens (tertiary/aromatic N) is 2. The molecule has 144 valence electrons. The number of fused-ring (bicyclic) bond motifs is 1. The van der Waals surface area contributed by atoms with Crippen LogP contribution in [0.25, 0.3) is 0 Å². The van der Waals surface area contributed by atoms with Crippen molar-refractivity contribution in [3.8, 4) is 11.5 Å². The fraction of sp³-hybridized carbons (Fsp3) is 0.333. The number of carbonyl (C=O) groups is 1. The third kappa shape index (κ3) is 5.10. The lowest BCUT2D eigenvalue weighted by molar-refractivity contribution is -0.121. The summed E-state index contributed by atoms with van der Waals surface area (Å²) in [7, 11) is -3.56. The Balaban J connectivity index is 1.64. The van der Waals surface area contributed by atoms with Gasteiger partial charge >= 0.3 is 0 Å². The zero-order valence-electron chi connectivity index (χ0n) is 14.9. The summed E-state index contributed by atoms with van der Waals surface area (Å²) in [5.41, 5.74) is 1.36. The zero-order chi connectivity index (χ0) is 19.3. The molecule has 0 bridgehead atoms. The average molecular weight is 391 g/mol. The summed E-state index contributed by atoms with van der Waals surface area (Å²) in [4.78, 5) is 16.0. The minimum atomic E-state index is -3.56. The Hall–Kier alpha value is -2.81. The van der Waals surface area contributed by atoms with Crippen LogP contribution in [0.3, 0.4) is 0 Å². The molecule has 1 aromatic carbocycles. The van der Waals surface area contributed by atoms with E-state index in [0.717, 1.165) is 11.8 Å². The zero-order valence-corrected chi connectivity index (χ0v) is 15.7. The first-order chi connectivity index (χ1) is 12.9. The molecule has 0 aliphatic carbocycles. The van der Waals surface area contributed by atoms with Crippen molar-refractivity contribution in [2.75, 3.05) is 30.3 Å². The van der Waals surface area contributed by atoms with Gasteiger partial charge in [0, 0.05) is 38.0 Å². The molecule has 8 nitrogen and oxygen atoms in total. The second-order valence-electron chi connectivity index (χ2n) is 6.05. The lowest BCUT2D eigenvalue weighted by Gasteiger charge is -2.25. The molecule has 9 heteroatoms. The van der Waals surface area contributed by atoms with Gasteiger partial charge in [-0.15, -0.1) is 0 Å². The maximum absolute atomic E-state index is 12.2. The standard InChI is InChI=1S/C18H21N3O5S/c1-27(23,24)21(15-2-3-16-17(12-15)26-11-10-25-16)9-6-18(22)20-13-14-4-7-19-8-5-14/h2-5,7-8,12H,6,9-11,13H2,1H3,(H,20,22). The highest BCUT2D eigenvalue weighted by atomic mass is 32.2. The number of amides is 1. The Kier molecular flexibility index (Phi) is 5.80. The number of pyridine rings is 1. The second kappa shape index (κ2) is 8.26. The first-order valence-electron chi connectivity index (χ1n) is 8.46. The normalized spacial score (nSPS) is 13.1. The third-order valence-electron chi connectivity index (χ3n) is 4.00. The van der Waals surface area contributed by atoms with Crippen molar-refractivity contribution >= 4 is 21.6 Å². The summed E-state index contributed by atoms with van der Waals surface area (Å²) in [6, 6.07) is 8.54. The number of nitrogens with one attached hydrogen (secondary N) is 1. The van der Waals surface area contributed by atoms with Crippen LogP contribution in [0.15, 0.2) is 42.7 Å². The first-order valence-corrected chi connectivity index (χ1v) is 10.3. The van der Waals surface area contributed by atoms with Gasteiger partial charge in [0.25, 0.3) is 0 Å². The molecule has 0 radical (unpaired) electrons. The van der Waals surface area contributed by atoms with Gasteiger partial charge in [0.2, 0.25) is 15.9 Å². The van der Waals surface area contributed by atoms with Crippen LogP contribution in [0, 0.1) is 0 Å². The third-order valence-corrected chi connectivity index (χ3v) is 5.19. The summed E-state index contributed by atoms with van der Waals surface area (Å²) >= 11 is 0. The highest BCUT2D eigenvalue weighted by Crippen LogP contribution is 2.34. The van der Waals surface area contributed by atoms with Crippen LogP contribution in [-0.4, -0.2) is 45.3 Å². The fourth-order valence-corrected chi connectivity index (χ4v) is 3.59. The number of hydrogen-bond acceptors (Lipinski definition) is 6. The smallest absolute Gasteiger partial charge is 0.232 e. The van der Waals surface area contributed by atoms with Crippen LogP contribution < -0.4 is 19.1 Å². The van der Waals surface area contributed by atoms with Gasteiger partial charge < -0.3 is 14.8 Å². The van der Waals surface area contributed by atoms with E-state index in [0.29, 0.717) is 36.9 Å². The highest BCUT2D eigenvalue weighted by Gasteiger charge is 2.21. The van der Waals surface area contributed by atoms with Gasteiger partial charge in [-0.1, -0.05) is 0 Å². The second-order valence-corrected chi connectivity index (χ2v) is 7.95. The van der Waals surface area contributed by atoms with Gasteiger partial charge in [-0.25, -0.2) is 8.42 Å². The predicted octanol–water partition coefficient (Wildman–Crippen LogP) is 1.33. The Morgan fingerprint density at radius 1 is 1.15 bits per heavy atom. The van der Waals surface area contributed by atoms with Gasteiger partial charge in [-0.2, -0.15) is 0 Å². The van der Waals surface area contributed by atoms with E-state index in [9.17, 15) is 13.2 Å². The summed E-state index contributed by atoms with van der Waals surface area (Å²) in [6.45, 7) is 1.26. The van der Waals surface area contributed by atoms with E-state index in [4.69, 9.17) is 9.47 Å². The maximum atomic E-state index is 12.2. The molecule has 2 aromatic rings. The number of anilines is 1. The van der Waals surface area contributed by atoms with E-state index in [2.05, 4.69) is 10.3 Å².